The molecule has 0 saturated heterocycles. The highest BCUT2D eigenvalue weighted by Crippen LogP contribution is 2.52. The maximum atomic E-state index is 13.3. The van der Waals surface area contributed by atoms with Gasteiger partial charge in [0, 0.05) is 5.54 Å². The molecule has 3 fully saturated rings. The van der Waals surface area contributed by atoms with Crippen molar-refractivity contribution >= 4 is 0 Å². The van der Waals surface area contributed by atoms with Crippen molar-refractivity contribution in [3.05, 3.63) is 35.6 Å². The summed E-state index contributed by atoms with van der Waals surface area (Å²) in [5.74, 6) is -0.109. The van der Waals surface area contributed by atoms with Crippen molar-refractivity contribution in [1.29, 1.82) is 0 Å². The van der Waals surface area contributed by atoms with E-state index in [-0.39, 0.29) is 16.8 Å². The molecule has 0 unspecified atom stereocenters. The zero-order chi connectivity index (χ0) is 11.2. The monoisotopic (exact) mass is 219 g/mol. The van der Waals surface area contributed by atoms with Crippen LogP contribution >= 0.6 is 0 Å². The van der Waals surface area contributed by atoms with E-state index in [1.165, 1.54) is 11.6 Å². The van der Waals surface area contributed by atoms with Gasteiger partial charge in [0.15, 0.2) is 0 Å². The molecule has 0 spiro atoms. The van der Waals surface area contributed by atoms with Crippen molar-refractivity contribution in [3.63, 3.8) is 0 Å². The largest absolute Gasteiger partial charge is 0.325 e. The lowest BCUT2D eigenvalue weighted by Gasteiger charge is -2.52. The molecular formula is C14H18FN. The Morgan fingerprint density at radius 1 is 1.00 bits per heavy atom. The van der Waals surface area contributed by atoms with Crippen LogP contribution in [0.4, 0.5) is 4.39 Å². The first kappa shape index (κ1) is 10.3. The van der Waals surface area contributed by atoms with Crippen LogP contribution in [0.1, 0.15) is 44.1 Å². The zero-order valence-electron chi connectivity index (χ0n) is 9.51. The van der Waals surface area contributed by atoms with Crippen molar-refractivity contribution in [2.45, 2.75) is 49.5 Å². The van der Waals surface area contributed by atoms with Crippen LogP contribution in [0, 0.1) is 5.82 Å². The summed E-state index contributed by atoms with van der Waals surface area (Å²) in [6, 6.07) is 7.16. The third-order valence-electron chi connectivity index (χ3n) is 4.74. The molecule has 2 heteroatoms. The summed E-state index contributed by atoms with van der Waals surface area (Å²) < 4.78 is 13.3. The number of rotatable bonds is 1. The van der Waals surface area contributed by atoms with Crippen LogP contribution in [0.15, 0.2) is 24.3 Å². The molecule has 0 aromatic heterocycles. The Morgan fingerprint density at radius 3 is 2.19 bits per heavy atom. The van der Waals surface area contributed by atoms with E-state index in [1.807, 2.05) is 6.07 Å². The lowest BCUT2D eigenvalue weighted by Crippen LogP contribution is -2.53. The van der Waals surface area contributed by atoms with E-state index in [0.717, 1.165) is 38.5 Å². The van der Waals surface area contributed by atoms with Gasteiger partial charge in [0.05, 0.1) is 0 Å². The second kappa shape index (κ2) is 3.30. The van der Waals surface area contributed by atoms with Gasteiger partial charge < -0.3 is 5.73 Å². The van der Waals surface area contributed by atoms with E-state index < -0.39 is 0 Å². The van der Waals surface area contributed by atoms with Crippen molar-refractivity contribution in [3.8, 4) is 0 Å². The van der Waals surface area contributed by atoms with Crippen molar-refractivity contribution < 1.29 is 4.39 Å². The summed E-state index contributed by atoms with van der Waals surface area (Å²) in [4.78, 5) is 0. The van der Waals surface area contributed by atoms with Crippen LogP contribution in [0.2, 0.25) is 0 Å². The van der Waals surface area contributed by atoms with Gasteiger partial charge in [-0.3, -0.25) is 0 Å². The summed E-state index contributed by atoms with van der Waals surface area (Å²) >= 11 is 0. The third kappa shape index (κ3) is 1.47. The lowest BCUT2D eigenvalue weighted by molar-refractivity contribution is 0.107. The Labute approximate surface area is 95.8 Å². The molecule has 3 aliphatic rings. The fraction of sp³-hybridized carbons (Fsp3) is 0.571. The molecule has 3 aliphatic carbocycles. The molecule has 4 rings (SSSR count). The Bertz CT molecular complexity index is 388. The predicted molar refractivity (Wildman–Crippen MR) is 62.7 cm³/mol. The van der Waals surface area contributed by atoms with Crippen LogP contribution in [0.5, 0.6) is 0 Å². The summed E-state index contributed by atoms with van der Waals surface area (Å²) in [6.45, 7) is 0. The van der Waals surface area contributed by atoms with Gasteiger partial charge in [-0.15, -0.1) is 0 Å². The number of benzene rings is 1. The standard InChI is InChI=1S/C14H18FN/c15-12-3-1-2-11(10-12)13-4-7-14(16,8-5-13)9-6-13/h1-3,10H,4-9,16H2. The van der Waals surface area contributed by atoms with Crippen LogP contribution in [0.3, 0.4) is 0 Å². The lowest BCUT2D eigenvalue weighted by atomic mass is 9.55. The molecule has 2 bridgehead atoms. The van der Waals surface area contributed by atoms with E-state index >= 15 is 0 Å². The van der Waals surface area contributed by atoms with E-state index in [9.17, 15) is 4.39 Å². The van der Waals surface area contributed by atoms with Crippen molar-refractivity contribution in [1.82, 2.24) is 0 Å². The second-order valence-corrected chi connectivity index (χ2v) is 5.65. The van der Waals surface area contributed by atoms with Crippen molar-refractivity contribution in [2.24, 2.45) is 5.73 Å². The van der Waals surface area contributed by atoms with E-state index in [2.05, 4.69) is 6.07 Å². The maximum absolute atomic E-state index is 13.3. The zero-order valence-corrected chi connectivity index (χ0v) is 9.51. The fourth-order valence-electron chi connectivity index (χ4n) is 3.47. The van der Waals surface area contributed by atoms with Crippen LogP contribution in [0.25, 0.3) is 0 Å². The minimum Gasteiger partial charge on any atom is -0.325 e. The molecule has 3 saturated carbocycles. The van der Waals surface area contributed by atoms with E-state index in [0.29, 0.717) is 0 Å². The Kier molecular flexibility index (Phi) is 2.12. The molecule has 0 heterocycles. The summed E-state index contributed by atoms with van der Waals surface area (Å²) in [6.07, 6.45) is 6.70. The molecular weight excluding hydrogens is 201 g/mol. The molecule has 1 nitrogen and oxygen atoms in total. The Balaban J connectivity index is 1.95. The molecule has 0 atom stereocenters. The molecule has 1 aromatic carbocycles. The van der Waals surface area contributed by atoms with Gasteiger partial charge in [-0.1, -0.05) is 12.1 Å². The SMILES string of the molecule is NC12CCC(c3cccc(F)c3)(CC1)CC2. The molecule has 0 radical (unpaired) electrons. The number of nitrogens with two attached hydrogens (primary N) is 1. The van der Waals surface area contributed by atoms with Gasteiger partial charge in [-0.05, 0) is 61.6 Å². The number of hydrogen-bond donors (Lipinski definition) is 1. The highest BCUT2D eigenvalue weighted by molar-refractivity contribution is 5.29. The van der Waals surface area contributed by atoms with Crippen LogP contribution in [-0.4, -0.2) is 5.54 Å². The molecule has 0 aliphatic heterocycles. The Morgan fingerprint density at radius 2 is 1.62 bits per heavy atom. The average molecular weight is 219 g/mol. The number of hydrogen-bond acceptors (Lipinski definition) is 1. The molecule has 0 amide bonds. The topological polar surface area (TPSA) is 26.0 Å². The fourth-order valence-corrected chi connectivity index (χ4v) is 3.47. The molecule has 2 N–H and O–H groups in total. The van der Waals surface area contributed by atoms with Crippen LogP contribution < -0.4 is 5.73 Å². The van der Waals surface area contributed by atoms with Gasteiger partial charge in [0.25, 0.3) is 0 Å². The van der Waals surface area contributed by atoms with E-state index in [1.54, 1.807) is 6.07 Å². The molecule has 16 heavy (non-hydrogen) atoms. The summed E-state index contributed by atoms with van der Waals surface area (Å²) in [5.41, 5.74) is 7.80. The van der Waals surface area contributed by atoms with Crippen molar-refractivity contribution in [2.75, 3.05) is 0 Å². The van der Waals surface area contributed by atoms with Gasteiger partial charge >= 0.3 is 0 Å². The average Bonchev–Trinajstić information content (AvgIpc) is 2.30. The molecule has 1 aromatic rings. The minimum atomic E-state index is -0.109. The minimum absolute atomic E-state index is 0.0923. The first-order chi connectivity index (χ1) is 7.62. The van der Waals surface area contributed by atoms with Gasteiger partial charge in [0.1, 0.15) is 5.82 Å². The number of fused-ring (bicyclic) bond motifs is 3. The van der Waals surface area contributed by atoms with Crippen LogP contribution in [-0.2, 0) is 5.41 Å². The maximum Gasteiger partial charge on any atom is 0.123 e. The first-order valence-corrected chi connectivity index (χ1v) is 6.17. The normalized spacial score (nSPS) is 37.6. The highest BCUT2D eigenvalue weighted by Gasteiger charge is 2.47. The quantitative estimate of drug-likeness (QED) is 0.771. The summed E-state index contributed by atoms with van der Waals surface area (Å²) in [7, 11) is 0. The number of halogens is 1. The predicted octanol–water partition coefficient (Wildman–Crippen LogP) is 3.13. The third-order valence-corrected chi connectivity index (χ3v) is 4.74. The Hall–Kier alpha value is -0.890. The molecule has 86 valence electrons. The highest BCUT2D eigenvalue weighted by atomic mass is 19.1. The second-order valence-electron chi connectivity index (χ2n) is 5.65. The summed E-state index contributed by atoms with van der Waals surface area (Å²) in [5, 5.41) is 0. The van der Waals surface area contributed by atoms with E-state index in [4.69, 9.17) is 5.73 Å². The van der Waals surface area contributed by atoms with Gasteiger partial charge in [0.2, 0.25) is 0 Å². The first-order valence-electron chi connectivity index (χ1n) is 6.17. The van der Waals surface area contributed by atoms with Gasteiger partial charge in [-0.25, -0.2) is 4.39 Å². The van der Waals surface area contributed by atoms with Gasteiger partial charge in [-0.2, -0.15) is 0 Å². The smallest absolute Gasteiger partial charge is 0.123 e.